The van der Waals surface area contributed by atoms with E-state index >= 15 is 0 Å². The van der Waals surface area contributed by atoms with Gasteiger partial charge in [-0.15, -0.1) is 0 Å². The van der Waals surface area contributed by atoms with Crippen molar-refractivity contribution in [3.8, 4) is 0 Å². The highest BCUT2D eigenvalue weighted by molar-refractivity contribution is 7.47. The van der Waals surface area contributed by atoms with E-state index in [-0.39, 0.29) is 26.4 Å². The summed E-state index contributed by atoms with van der Waals surface area (Å²) in [6.07, 6.45) is 57.4. The van der Waals surface area contributed by atoms with Crippen molar-refractivity contribution in [1.82, 2.24) is 0 Å². The van der Waals surface area contributed by atoms with Gasteiger partial charge in [0.1, 0.15) is 18.3 Å². The van der Waals surface area contributed by atoms with Gasteiger partial charge in [0.25, 0.3) is 0 Å². The van der Waals surface area contributed by atoms with Crippen LogP contribution in [0.25, 0.3) is 0 Å². The van der Waals surface area contributed by atoms with Crippen molar-refractivity contribution in [2.75, 3.05) is 66.1 Å². The van der Waals surface area contributed by atoms with Crippen molar-refractivity contribution in [3.05, 3.63) is 0 Å². The molecule has 13 nitrogen and oxygen atoms in total. The Bertz CT molecular complexity index is 1210. The Kier molecular flexibility index (Phi) is 63.5. The van der Waals surface area contributed by atoms with E-state index in [4.69, 9.17) is 37.0 Å². The van der Waals surface area contributed by atoms with Gasteiger partial charge in [0, 0.05) is 26.4 Å². The minimum Gasteiger partial charge on any atom is -0.388 e. The summed E-state index contributed by atoms with van der Waals surface area (Å²) in [6, 6.07) is 0. The summed E-state index contributed by atoms with van der Waals surface area (Å²) in [4.78, 5) is 21.1. The molecule has 0 aliphatic heterocycles. The van der Waals surface area contributed by atoms with Crippen LogP contribution in [0, 0.1) is 0 Å². The third-order valence-corrected chi connectivity index (χ3v) is 17.2. The molecule has 15 heteroatoms. The molecule has 80 heavy (non-hydrogen) atoms. The summed E-state index contributed by atoms with van der Waals surface area (Å²) in [7, 11) is -9.28. The van der Waals surface area contributed by atoms with Crippen molar-refractivity contribution in [1.29, 1.82) is 0 Å². The fourth-order valence-electron chi connectivity index (χ4n) is 10.0. The molecule has 4 atom stereocenters. The van der Waals surface area contributed by atoms with Crippen LogP contribution in [-0.4, -0.2) is 99.3 Å². The van der Waals surface area contributed by atoms with E-state index < -0.39 is 47.2 Å². The average Bonchev–Trinajstić information content (AvgIpc) is 3.45. The molecule has 0 aromatic rings. The van der Waals surface area contributed by atoms with Gasteiger partial charge in [0.15, 0.2) is 0 Å². The van der Waals surface area contributed by atoms with Crippen molar-refractivity contribution < 1.29 is 61.1 Å². The zero-order valence-corrected chi connectivity index (χ0v) is 54.9. The molecule has 0 fully saturated rings. The van der Waals surface area contributed by atoms with E-state index in [1.807, 2.05) is 0 Å². The molecule has 0 aliphatic carbocycles. The van der Waals surface area contributed by atoms with E-state index in [0.29, 0.717) is 26.4 Å². The van der Waals surface area contributed by atoms with Crippen LogP contribution in [0.2, 0.25) is 0 Å². The molecule has 0 radical (unpaired) electrons. The lowest BCUT2D eigenvalue weighted by atomic mass is 10.1. The number of unbranched alkanes of at least 4 members (excludes halogenated alkanes) is 44. The molecule has 0 amide bonds. The van der Waals surface area contributed by atoms with Crippen LogP contribution in [0.3, 0.4) is 0 Å². The molecule has 0 aliphatic rings. The van der Waals surface area contributed by atoms with Crippen LogP contribution in [0.5, 0.6) is 0 Å². The standard InChI is InChI=1S/C65H134O13P2/c1-5-9-13-17-21-25-29-33-37-41-45-49-53-71-59-64(73-55-51-47-43-39-35-31-27-23-19-15-11-7-3)61-77-79(67,68)75-57-63(66)58-76-80(69,70)78-62-65(74-56-52-48-44-40-36-32-28-24-20-16-12-8-4)60-72-54-50-46-42-38-34-30-26-22-18-14-10-6-2/h63-66H,5-62H2,1-4H3,(H,67,68)(H,69,70). The fraction of sp³-hybridized carbons (Fsp3) is 1.00. The monoisotopic (exact) mass is 1180 g/mol. The summed E-state index contributed by atoms with van der Waals surface area (Å²) >= 11 is 0. The number of aliphatic hydroxyl groups is 1. The second-order valence-electron chi connectivity index (χ2n) is 23.5. The Morgan fingerprint density at radius 2 is 0.450 bits per heavy atom. The van der Waals surface area contributed by atoms with Gasteiger partial charge in [0.2, 0.25) is 0 Å². The Balaban J connectivity index is 4.91. The maximum Gasteiger partial charge on any atom is 0.472 e. The Labute approximate surface area is 494 Å². The molecule has 0 aromatic carbocycles. The van der Waals surface area contributed by atoms with Gasteiger partial charge in [-0.05, 0) is 25.7 Å². The minimum absolute atomic E-state index is 0.218. The van der Waals surface area contributed by atoms with E-state index in [9.17, 15) is 24.0 Å². The Hall–Kier alpha value is 0.0200. The second-order valence-corrected chi connectivity index (χ2v) is 26.4. The summed E-state index contributed by atoms with van der Waals surface area (Å²) in [6.45, 7) is 9.77. The fourth-order valence-corrected chi connectivity index (χ4v) is 11.6. The van der Waals surface area contributed by atoms with Crippen molar-refractivity contribution in [2.24, 2.45) is 0 Å². The molecule has 482 valence electrons. The maximum absolute atomic E-state index is 13.0. The minimum atomic E-state index is -4.64. The second kappa shape index (κ2) is 63.5. The third-order valence-electron chi connectivity index (χ3n) is 15.3. The van der Waals surface area contributed by atoms with E-state index in [0.717, 1.165) is 64.2 Å². The largest absolute Gasteiger partial charge is 0.472 e. The number of phosphoric ester groups is 2. The number of aliphatic hydroxyl groups excluding tert-OH is 1. The predicted octanol–water partition coefficient (Wildman–Crippen LogP) is 20.2. The van der Waals surface area contributed by atoms with Gasteiger partial charge in [-0.2, -0.15) is 0 Å². The van der Waals surface area contributed by atoms with Gasteiger partial charge < -0.3 is 33.8 Å². The lowest BCUT2D eigenvalue weighted by molar-refractivity contribution is -0.0484. The molecule has 0 aromatic heterocycles. The first-order valence-electron chi connectivity index (χ1n) is 34.4. The summed E-state index contributed by atoms with van der Waals surface area (Å²) in [5, 5.41) is 10.6. The van der Waals surface area contributed by atoms with Crippen molar-refractivity contribution >= 4 is 15.6 Å². The van der Waals surface area contributed by atoms with Gasteiger partial charge in [-0.25, -0.2) is 9.13 Å². The highest BCUT2D eigenvalue weighted by Crippen LogP contribution is 2.45. The third kappa shape index (κ3) is 62.5. The van der Waals surface area contributed by atoms with Crippen LogP contribution in [0.15, 0.2) is 0 Å². The average molecular weight is 1190 g/mol. The smallest absolute Gasteiger partial charge is 0.388 e. The van der Waals surface area contributed by atoms with Gasteiger partial charge >= 0.3 is 15.6 Å². The first kappa shape index (κ1) is 80.0. The van der Waals surface area contributed by atoms with Crippen LogP contribution >= 0.6 is 15.6 Å². The van der Waals surface area contributed by atoms with Gasteiger partial charge in [-0.1, -0.05) is 310 Å². The van der Waals surface area contributed by atoms with E-state index in [1.54, 1.807) is 0 Å². The molecule has 3 N–H and O–H groups in total. The molecule has 4 unspecified atom stereocenters. The quantitative estimate of drug-likeness (QED) is 0.0389. The van der Waals surface area contributed by atoms with Gasteiger partial charge in [-0.3, -0.25) is 18.1 Å². The normalized spacial score (nSPS) is 14.6. The maximum atomic E-state index is 13.0. The van der Waals surface area contributed by atoms with E-state index in [1.165, 1.54) is 244 Å². The number of ether oxygens (including phenoxy) is 4. The molecule has 0 spiro atoms. The molecule has 0 heterocycles. The van der Waals surface area contributed by atoms with Crippen LogP contribution < -0.4 is 0 Å². The number of hydrogen-bond donors (Lipinski definition) is 3. The molecule has 0 rings (SSSR count). The lowest BCUT2D eigenvalue weighted by Gasteiger charge is -2.22. The number of phosphoric acid groups is 2. The predicted molar refractivity (Wildman–Crippen MR) is 335 cm³/mol. The zero-order chi connectivity index (χ0) is 58.4. The molecular weight excluding hydrogens is 1050 g/mol. The Morgan fingerprint density at radius 1 is 0.263 bits per heavy atom. The zero-order valence-electron chi connectivity index (χ0n) is 53.1. The van der Waals surface area contributed by atoms with E-state index in [2.05, 4.69) is 27.7 Å². The summed E-state index contributed by atoms with van der Waals surface area (Å²) in [5.74, 6) is 0. The lowest BCUT2D eigenvalue weighted by Crippen LogP contribution is -2.27. The van der Waals surface area contributed by atoms with Crippen LogP contribution in [0.1, 0.15) is 336 Å². The van der Waals surface area contributed by atoms with Crippen LogP contribution in [-0.2, 0) is 46.2 Å². The highest BCUT2D eigenvalue weighted by atomic mass is 31.2. The first-order valence-corrected chi connectivity index (χ1v) is 37.4. The molecule has 0 bridgehead atoms. The first-order chi connectivity index (χ1) is 39.1. The molecule has 0 saturated heterocycles. The van der Waals surface area contributed by atoms with Crippen molar-refractivity contribution in [2.45, 2.75) is 354 Å². The molecular formula is C65H134O13P2. The summed E-state index contributed by atoms with van der Waals surface area (Å²) < 4.78 is 71.0. The topological polar surface area (TPSA) is 169 Å². The molecule has 0 saturated carbocycles. The number of hydrogen-bond acceptors (Lipinski definition) is 11. The SMILES string of the molecule is CCCCCCCCCCCCCCOCC(COP(=O)(O)OCC(O)COP(=O)(O)OCC(COCCCCCCCCCCCCCC)OCCCCCCCCCCCCCC)OCCCCCCCCCCCCCC. The highest BCUT2D eigenvalue weighted by Gasteiger charge is 2.29. The number of rotatable bonds is 70. The van der Waals surface area contributed by atoms with Crippen molar-refractivity contribution in [3.63, 3.8) is 0 Å². The Morgan fingerprint density at radius 3 is 0.675 bits per heavy atom. The van der Waals surface area contributed by atoms with Crippen LogP contribution in [0.4, 0.5) is 0 Å². The van der Waals surface area contributed by atoms with Gasteiger partial charge in [0.05, 0.1) is 39.6 Å². The summed E-state index contributed by atoms with van der Waals surface area (Å²) in [5.41, 5.74) is 0.